The van der Waals surface area contributed by atoms with Gasteiger partial charge in [-0.3, -0.25) is 4.79 Å². The van der Waals surface area contributed by atoms with Crippen molar-refractivity contribution in [1.29, 1.82) is 0 Å². The molecule has 2 aliphatic rings. The van der Waals surface area contributed by atoms with Crippen molar-refractivity contribution in [2.24, 2.45) is 5.92 Å². The lowest BCUT2D eigenvalue weighted by Crippen LogP contribution is -2.38. The monoisotopic (exact) mass is 316 g/mol. The fourth-order valence-electron chi connectivity index (χ4n) is 3.55. The number of carbonyl (C=O) groups excluding carboxylic acids is 1. The van der Waals surface area contributed by atoms with Crippen LogP contribution in [0.25, 0.3) is 0 Å². The highest BCUT2D eigenvalue weighted by Crippen LogP contribution is 2.21. The number of hydrogen-bond donors (Lipinski definition) is 1. The van der Waals surface area contributed by atoms with Crippen molar-refractivity contribution in [3.8, 4) is 0 Å². The van der Waals surface area contributed by atoms with Gasteiger partial charge >= 0.3 is 0 Å². The molecule has 1 aliphatic carbocycles. The molecule has 0 radical (unpaired) electrons. The minimum atomic E-state index is 0.0501. The maximum absolute atomic E-state index is 12.7. The molecule has 23 heavy (non-hydrogen) atoms. The average Bonchev–Trinajstić information content (AvgIpc) is 2.55. The third kappa shape index (κ3) is 4.21. The third-order valence-electron chi connectivity index (χ3n) is 5.08. The number of rotatable bonds is 3. The number of amides is 1. The van der Waals surface area contributed by atoms with Crippen LogP contribution in [0.1, 0.15) is 68.1 Å². The predicted molar refractivity (Wildman–Crippen MR) is 91.6 cm³/mol. The second-order valence-electron chi connectivity index (χ2n) is 7.17. The highest BCUT2D eigenvalue weighted by molar-refractivity contribution is 5.92. The van der Waals surface area contributed by atoms with Crippen LogP contribution < -0.4 is 5.32 Å². The van der Waals surface area contributed by atoms with Crippen molar-refractivity contribution < 1.29 is 4.79 Å². The Balaban J connectivity index is 1.70. The number of aryl methyl sites for hydroxylation is 1. The van der Waals surface area contributed by atoms with Crippen LogP contribution in [-0.4, -0.2) is 39.9 Å². The van der Waals surface area contributed by atoms with Crippen LogP contribution in [0.15, 0.2) is 6.07 Å². The second kappa shape index (κ2) is 7.28. The molecule has 5 nitrogen and oxygen atoms in total. The molecule has 3 rings (SSSR count). The largest absolute Gasteiger partial charge is 0.351 e. The van der Waals surface area contributed by atoms with Crippen molar-refractivity contribution in [2.45, 2.75) is 64.8 Å². The van der Waals surface area contributed by atoms with E-state index in [1.807, 2.05) is 17.9 Å². The van der Waals surface area contributed by atoms with E-state index >= 15 is 0 Å². The van der Waals surface area contributed by atoms with Gasteiger partial charge in [0.15, 0.2) is 0 Å². The van der Waals surface area contributed by atoms with Gasteiger partial charge in [0.1, 0.15) is 5.69 Å². The SMILES string of the molecule is Cc1cc(C(=O)N2CCC(C)CC2)nc(NC2CCCCC2)n1. The lowest BCUT2D eigenvalue weighted by atomic mass is 9.96. The first-order valence-corrected chi connectivity index (χ1v) is 9.03. The number of hydrogen-bond acceptors (Lipinski definition) is 4. The van der Waals surface area contributed by atoms with Crippen molar-refractivity contribution in [1.82, 2.24) is 14.9 Å². The Morgan fingerprint density at radius 2 is 1.83 bits per heavy atom. The van der Waals surface area contributed by atoms with Gasteiger partial charge in [0.05, 0.1) is 0 Å². The predicted octanol–water partition coefficient (Wildman–Crippen LogP) is 3.40. The third-order valence-corrected chi connectivity index (χ3v) is 5.08. The number of anilines is 1. The standard InChI is InChI=1S/C18H28N4O/c1-13-8-10-22(11-9-13)17(23)16-12-14(2)19-18(21-16)20-15-6-4-3-5-7-15/h12-13,15H,3-11H2,1-2H3,(H,19,20,21). The van der Waals surface area contributed by atoms with E-state index in [0.717, 1.165) is 37.5 Å². The van der Waals surface area contributed by atoms with E-state index in [2.05, 4.69) is 22.2 Å². The summed E-state index contributed by atoms with van der Waals surface area (Å²) < 4.78 is 0. The zero-order valence-electron chi connectivity index (χ0n) is 14.3. The van der Waals surface area contributed by atoms with Gasteiger partial charge in [-0.15, -0.1) is 0 Å². The highest BCUT2D eigenvalue weighted by atomic mass is 16.2. The Kier molecular flexibility index (Phi) is 5.13. The molecule has 0 spiro atoms. The van der Waals surface area contributed by atoms with E-state index in [9.17, 15) is 4.79 Å². The molecule has 1 saturated carbocycles. The van der Waals surface area contributed by atoms with Crippen LogP contribution in [0.3, 0.4) is 0 Å². The summed E-state index contributed by atoms with van der Waals surface area (Å²) in [6.45, 7) is 5.87. The minimum absolute atomic E-state index is 0.0501. The van der Waals surface area contributed by atoms with Gasteiger partial charge in [0, 0.05) is 24.8 Å². The first-order chi connectivity index (χ1) is 11.1. The molecule has 1 amide bonds. The van der Waals surface area contributed by atoms with Gasteiger partial charge in [-0.1, -0.05) is 26.2 Å². The quantitative estimate of drug-likeness (QED) is 0.928. The highest BCUT2D eigenvalue weighted by Gasteiger charge is 2.23. The summed E-state index contributed by atoms with van der Waals surface area (Å²) in [4.78, 5) is 23.6. The van der Waals surface area contributed by atoms with Crippen LogP contribution in [0, 0.1) is 12.8 Å². The van der Waals surface area contributed by atoms with E-state index in [4.69, 9.17) is 0 Å². The Labute approximate surface area is 138 Å². The molecular formula is C18H28N4O. The first kappa shape index (κ1) is 16.2. The average molecular weight is 316 g/mol. The van der Waals surface area contributed by atoms with Gasteiger partial charge in [-0.05, 0) is 44.6 Å². The van der Waals surface area contributed by atoms with E-state index in [0.29, 0.717) is 17.7 Å². The summed E-state index contributed by atoms with van der Waals surface area (Å²) in [7, 11) is 0. The molecule has 1 aromatic heterocycles. The van der Waals surface area contributed by atoms with Crippen LogP contribution in [-0.2, 0) is 0 Å². The molecular weight excluding hydrogens is 288 g/mol. The summed E-state index contributed by atoms with van der Waals surface area (Å²) in [5.74, 6) is 1.38. The summed E-state index contributed by atoms with van der Waals surface area (Å²) in [5, 5.41) is 3.43. The maximum Gasteiger partial charge on any atom is 0.272 e. The first-order valence-electron chi connectivity index (χ1n) is 9.03. The number of nitrogens with one attached hydrogen (secondary N) is 1. The zero-order valence-corrected chi connectivity index (χ0v) is 14.3. The minimum Gasteiger partial charge on any atom is -0.351 e. The molecule has 0 atom stereocenters. The van der Waals surface area contributed by atoms with Gasteiger partial charge in [-0.2, -0.15) is 0 Å². The molecule has 2 heterocycles. The molecule has 5 heteroatoms. The zero-order chi connectivity index (χ0) is 16.2. The lowest BCUT2D eigenvalue weighted by molar-refractivity contribution is 0.0691. The second-order valence-corrected chi connectivity index (χ2v) is 7.17. The van der Waals surface area contributed by atoms with Gasteiger partial charge in [0.2, 0.25) is 5.95 Å². The maximum atomic E-state index is 12.7. The van der Waals surface area contributed by atoms with E-state index in [1.54, 1.807) is 0 Å². The molecule has 0 unspecified atom stereocenters. The van der Waals surface area contributed by atoms with Gasteiger partial charge in [0.25, 0.3) is 5.91 Å². The van der Waals surface area contributed by atoms with Crippen LogP contribution in [0.5, 0.6) is 0 Å². The fraction of sp³-hybridized carbons (Fsp3) is 0.722. The molecule has 0 aromatic carbocycles. The number of piperidine rings is 1. The summed E-state index contributed by atoms with van der Waals surface area (Å²) in [6, 6.07) is 2.26. The van der Waals surface area contributed by atoms with Gasteiger partial charge in [-0.25, -0.2) is 9.97 Å². The van der Waals surface area contributed by atoms with E-state index in [-0.39, 0.29) is 5.91 Å². The molecule has 2 fully saturated rings. The van der Waals surface area contributed by atoms with Crippen LogP contribution in [0.2, 0.25) is 0 Å². The fourth-order valence-corrected chi connectivity index (χ4v) is 3.55. The number of likely N-dealkylation sites (tertiary alicyclic amines) is 1. The van der Waals surface area contributed by atoms with Crippen molar-refractivity contribution in [2.75, 3.05) is 18.4 Å². The number of nitrogens with zero attached hydrogens (tertiary/aromatic N) is 3. The Morgan fingerprint density at radius 3 is 2.52 bits per heavy atom. The number of aromatic nitrogens is 2. The normalized spacial score (nSPS) is 20.5. The summed E-state index contributed by atoms with van der Waals surface area (Å²) in [6.07, 6.45) is 8.37. The van der Waals surface area contributed by atoms with Crippen molar-refractivity contribution in [3.05, 3.63) is 17.5 Å². The van der Waals surface area contributed by atoms with Crippen LogP contribution >= 0.6 is 0 Å². The Morgan fingerprint density at radius 1 is 1.13 bits per heavy atom. The molecule has 1 aromatic rings. The molecule has 1 saturated heterocycles. The van der Waals surface area contributed by atoms with Gasteiger partial charge < -0.3 is 10.2 Å². The smallest absolute Gasteiger partial charge is 0.272 e. The molecule has 0 bridgehead atoms. The van der Waals surface area contributed by atoms with Crippen molar-refractivity contribution >= 4 is 11.9 Å². The summed E-state index contributed by atoms with van der Waals surface area (Å²) in [5.41, 5.74) is 1.39. The Bertz CT molecular complexity index is 546. The number of carbonyl (C=O) groups is 1. The molecule has 1 N–H and O–H groups in total. The Hall–Kier alpha value is -1.65. The topological polar surface area (TPSA) is 58.1 Å². The van der Waals surface area contributed by atoms with Crippen LogP contribution in [0.4, 0.5) is 5.95 Å². The van der Waals surface area contributed by atoms with E-state index < -0.39 is 0 Å². The van der Waals surface area contributed by atoms with E-state index in [1.165, 1.54) is 32.1 Å². The lowest BCUT2D eigenvalue weighted by Gasteiger charge is -2.30. The summed E-state index contributed by atoms with van der Waals surface area (Å²) >= 11 is 0. The van der Waals surface area contributed by atoms with Crippen molar-refractivity contribution in [3.63, 3.8) is 0 Å². The molecule has 126 valence electrons. The molecule has 1 aliphatic heterocycles.